The Labute approximate surface area is 281 Å². The zero-order chi connectivity index (χ0) is 33.4. The third-order valence-electron chi connectivity index (χ3n) is 11.1. The van der Waals surface area contributed by atoms with Gasteiger partial charge in [0.05, 0.1) is 37.1 Å². The van der Waals surface area contributed by atoms with Crippen molar-refractivity contribution in [2.75, 3.05) is 20.2 Å². The standard InChI is InChI=1S/C36H48N8O4/c1-21(40-36(47)48-2)34(45)43-17-3-5-29(43)32-38-19-27(41-32)24-11-7-22(8-12-24)23-9-13-25(14-10-23)28-20-39-33(42-28)30-6-4-18-44(30)35(46)31(37)26-15-16-26/h7-8,11-12,19-21,23,25-26,29-31H,3-6,9-10,13-18,37H2,1-2H3,(H,38,41)(H,39,42)(H,40,47)/t21-,23-,25-,29-,30-,31-/m0/s1. The summed E-state index contributed by atoms with van der Waals surface area (Å²) < 4.78 is 4.65. The molecule has 2 saturated carbocycles. The molecular formula is C36H48N8O4. The molecule has 0 radical (unpaired) electrons. The topological polar surface area (TPSA) is 162 Å². The van der Waals surface area contributed by atoms with Crippen molar-refractivity contribution in [2.24, 2.45) is 11.7 Å². The van der Waals surface area contributed by atoms with E-state index in [1.807, 2.05) is 17.3 Å². The number of aromatic nitrogens is 4. The first-order valence-electron chi connectivity index (χ1n) is 17.7. The number of nitrogens with two attached hydrogens (primary N) is 1. The van der Waals surface area contributed by atoms with E-state index in [0.717, 1.165) is 93.7 Å². The zero-order valence-corrected chi connectivity index (χ0v) is 28.0. The molecule has 7 rings (SSSR count). The summed E-state index contributed by atoms with van der Waals surface area (Å²) >= 11 is 0. The van der Waals surface area contributed by atoms with Gasteiger partial charge >= 0.3 is 6.09 Å². The molecule has 2 aromatic heterocycles. The van der Waals surface area contributed by atoms with E-state index in [2.05, 4.69) is 49.3 Å². The first kappa shape index (κ1) is 32.4. The van der Waals surface area contributed by atoms with Crippen LogP contribution < -0.4 is 11.1 Å². The number of H-pyrrole nitrogens is 2. The van der Waals surface area contributed by atoms with E-state index < -0.39 is 12.1 Å². The van der Waals surface area contributed by atoms with Gasteiger partial charge in [-0.1, -0.05) is 24.3 Å². The highest BCUT2D eigenvalue weighted by atomic mass is 16.5. The molecule has 4 atom stereocenters. The SMILES string of the molecule is COC(=O)N[C@@H](C)C(=O)N1CCC[C@H]1c1ncc(-c2ccc([C@H]3CC[C@H](c4cnc([C@@H]5CCCN5C(=O)[C@@H](N)C5CC5)[nH]4)CC3)cc2)[nH]1. The van der Waals surface area contributed by atoms with E-state index in [-0.39, 0.29) is 29.9 Å². The number of amides is 3. The normalized spacial score (nSPS) is 25.6. The van der Waals surface area contributed by atoms with Gasteiger partial charge in [-0.2, -0.15) is 0 Å². The Balaban J connectivity index is 0.935. The van der Waals surface area contributed by atoms with Crippen LogP contribution in [-0.2, 0) is 14.3 Å². The second-order valence-corrected chi connectivity index (χ2v) is 14.2. The maximum atomic E-state index is 13.1. The largest absolute Gasteiger partial charge is 0.453 e. The Morgan fingerprint density at radius 1 is 0.833 bits per heavy atom. The van der Waals surface area contributed by atoms with Gasteiger partial charge in [0, 0.05) is 30.9 Å². The minimum absolute atomic E-state index is 0.00970. The smallest absolute Gasteiger partial charge is 0.407 e. The number of hydrogen-bond acceptors (Lipinski definition) is 7. The van der Waals surface area contributed by atoms with Gasteiger partial charge in [-0.15, -0.1) is 0 Å². The van der Waals surface area contributed by atoms with Crippen LogP contribution in [0.1, 0.15) is 118 Å². The van der Waals surface area contributed by atoms with Crippen LogP contribution in [0.5, 0.6) is 0 Å². The van der Waals surface area contributed by atoms with E-state index >= 15 is 0 Å². The highest BCUT2D eigenvalue weighted by Crippen LogP contribution is 2.42. The second kappa shape index (κ2) is 13.7. The van der Waals surface area contributed by atoms with Gasteiger partial charge in [0.25, 0.3) is 0 Å². The highest BCUT2D eigenvalue weighted by molar-refractivity contribution is 5.86. The van der Waals surface area contributed by atoms with Gasteiger partial charge in [0.15, 0.2) is 0 Å². The molecule has 12 heteroatoms. The Hall–Kier alpha value is -4.19. The number of alkyl carbamates (subject to hydrolysis) is 1. The van der Waals surface area contributed by atoms with Crippen molar-refractivity contribution < 1.29 is 19.1 Å². The number of hydrogen-bond donors (Lipinski definition) is 4. The summed E-state index contributed by atoms with van der Waals surface area (Å²) in [6.45, 7) is 3.06. The number of nitrogens with zero attached hydrogens (tertiary/aromatic N) is 4. The lowest BCUT2D eigenvalue weighted by Crippen LogP contribution is -2.46. The summed E-state index contributed by atoms with van der Waals surface area (Å²) in [4.78, 5) is 58.0. The highest BCUT2D eigenvalue weighted by Gasteiger charge is 2.40. The second-order valence-electron chi connectivity index (χ2n) is 14.2. The van der Waals surface area contributed by atoms with Crippen LogP contribution in [0, 0.1) is 5.92 Å². The Morgan fingerprint density at radius 3 is 2.08 bits per heavy atom. The summed E-state index contributed by atoms with van der Waals surface area (Å²) in [5, 5.41) is 2.57. The van der Waals surface area contributed by atoms with Gasteiger partial charge < -0.3 is 35.6 Å². The summed E-state index contributed by atoms with van der Waals surface area (Å²) in [6, 6.07) is 7.59. The van der Waals surface area contributed by atoms with Crippen LogP contribution in [-0.4, -0.2) is 79.9 Å². The van der Waals surface area contributed by atoms with Gasteiger partial charge in [-0.3, -0.25) is 9.59 Å². The number of carbonyl (C=O) groups is 3. The predicted molar refractivity (Wildman–Crippen MR) is 180 cm³/mol. The maximum Gasteiger partial charge on any atom is 0.407 e. The van der Waals surface area contributed by atoms with Crippen LogP contribution in [0.3, 0.4) is 0 Å². The van der Waals surface area contributed by atoms with Crippen molar-refractivity contribution in [1.29, 1.82) is 0 Å². The third-order valence-corrected chi connectivity index (χ3v) is 11.1. The first-order valence-corrected chi connectivity index (χ1v) is 17.7. The molecule has 5 N–H and O–H groups in total. The number of nitrogens with one attached hydrogen (secondary N) is 3. The predicted octanol–water partition coefficient (Wildman–Crippen LogP) is 5.05. The van der Waals surface area contributed by atoms with Crippen LogP contribution in [0.15, 0.2) is 36.7 Å². The average Bonchev–Trinajstić information content (AvgIpc) is 3.58. The van der Waals surface area contributed by atoms with Gasteiger partial charge in [0.2, 0.25) is 11.8 Å². The van der Waals surface area contributed by atoms with Crippen molar-refractivity contribution in [3.05, 3.63) is 59.6 Å². The van der Waals surface area contributed by atoms with E-state index in [4.69, 9.17) is 10.7 Å². The molecule has 48 heavy (non-hydrogen) atoms. The number of ether oxygens (including phenoxy) is 1. The number of rotatable bonds is 9. The lowest BCUT2D eigenvalue weighted by Gasteiger charge is -2.28. The number of methoxy groups -OCH3 is 1. The molecule has 0 spiro atoms. The number of likely N-dealkylation sites (tertiary alicyclic amines) is 2. The Kier molecular flexibility index (Phi) is 9.26. The molecule has 0 unspecified atom stereocenters. The molecule has 4 fully saturated rings. The fraction of sp³-hybridized carbons (Fsp3) is 0.583. The van der Waals surface area contributed by atoms with Crippen molar-refractivity contribution >= 4 is 17.9 Å². The fourth-order valence-electron chi connectivity index (χ4n) is 8.08. The molecule has 4 aliphatic rings. The molecule has 2 aliphatic carbocycles. The lowest BCUT2D eigenvalue weighted by molar-refractivity contribution is -0.134. The number of imidazole rings is 2. The van der Waals surface area contributed by atoms with Gasteiger partial charge in [0.1, 0.15) is 17.7 Å². The average molecular weight is 657 g/mol. The first-order chi connectivity index (χ1) is 23.3. The van der Waals surface area contributed by atoms with Crippen LogP contribution >= 0.6 is 0 Å². The van der Waals surface area contributed by atoms with Crippen molar-refractivity contribution in [3.8, 4) is 11.3 Å². The van der Waals surface area contributed by atoms with E-state index in [1.165, 1.54) is 18.4 Å². The van der Waals surface area contributed by atoms with Crippen molar-refractivity contribution in [2.45, 2.75) is 107 Å². The molecule has 256 valence electrons. The molecule has 2 saturated heterocycles. The maximum absolute atomic E-state index is 13.1. The molecule has 4 heterocycles. The number of carbonyl (C=O) groups excluding carboxylic acids is 3. The molecule has 2 aliphatic heterocycles. The minimum atomic E-state index is -0.678. The monoisotopic (exact) mass is 656 g/mol. The lowest BCUT2D eigenvalue weighted by atomic mass is 9.77. The van der Waals surface area contributed by atoms with Crippen molar-refractivity contribution in [1.82, 2.24) is 35.1 Å². The molecule has 3 aromatic rings. The summed E-state index contributed by atoms with van der Waals surface area (Å²) in [6.07, 6.45) is 13.4. The zero-order valence-electron chi connectivity index (χ0n) is 28.0. The van der Waals surface area contributed by atoms with Crippen molar-refractivity contribution in [3.63, 3.8) is 0 Å². The van der Waals surface area contributed by atoms with Crippen LogP contribution in [0.2, 0.25) is 0 Å². The summed E-state index contributed by atoms with van der Waals surface area (Å²) in [7, 11) is 1.29. The summed E-state index contributed by atoms with van der Waals surface area (Å²) in [5.74, 6) is 2.94. The fourth-order valence-corrected chi connectivity index (χ4v) is 8.08. The number of aromatic amines is 2. The van der Waals surface area contributed by atoms with Crippen LogP contribution in [0.4, 0.5) is 4.79 Å². The van der Waals surface area contributed by atoms with E-state index in [0.29, 0.717) is 24.3 Å². The molecule has 1 aromatic carbocycles. The Morgan fingerprint density at radius 2 is 1.44 bits per heavy atom. The minimum Gasteiger partial charge on any atom is -0.453 e. The van der Waals surface area contributed by atoms with Crippen LogP contribution in [0.25, 0.3) is 11.3 Å². The number of benzene rings is 1. The molecule has 0 bridgehead atoms. The third kappa shape index (κ3) is 6.59. The van der Waals surface area contributed by atoms with E-state index in [1.54, 1.807) is 11.8 Å². The van der Waals surface area contributed by atoms with Gasteiger partial charge in [-0.05, 0) is 94.1 Å². The summed E-state index contributed by atoms with van der Waals surface area (Å²) in [5.41, 5.74) is 10.8. The van der Waals surface area contributed by atoms with Gasteiger partial charge in [-0.25, -0.2) is 14.8 Å². The Bertz CT molecular complexity index is 1610. The van der Waals surface area contributed by atoms with E-state index in [9.17, 15) is 14.4 Å². The molecular weight excluding hydrogens is 608 g/mol. The molecule has 12 nitrogen and oxygen atoms in total. The molecule has 3 amide bonds. The quantitative estimate of drug-likeness (QED) is 0.251.